The van der Waals surface area contributed by atoms with Crippen molar-refractivity contribution in [3.63, 3.8) is 0 Å². The van der Waals surface area contributed by atoms with Crippen molar-refractivity contribution in [1.29, 1.82) is 0 Å². The number of piperidine rings is 1. The van der Waals surface area contributed by atoms with E-state index in [4.69, 9.17) is 16.7 Å². The molecule has 0 saturated carbocycles. The summed E-state index contributed by atoms with van der Waals surface area (Å²) in [5.41, 5.74) is -0.547. The predicted octanol–water partition coefficient (Wildman–Crippen LogP) is 3.52. The highest BCUT2D eigenvalue weighted by Gasteiger charge is 2.37. The van der Waals surface area contributed by atoms with Crippen LogP contribution < -0.4 is 0 Å². The van der Waals surface area contributed by atoms with E-state index in [1.54, 1.807) is 35.6 Å². The van der Waals surface area contributed by atoms with Crippen molar-refractivity contribution >= 4 is 23.5 Å². The van der Waals surface area contributed by atoms with Gasteiger partial charge in [0.15, 0.2) is 0 Å². The van der Waals surface area contributed by atoms with Gasteiger partial charge in [-0.2, -0.15) is 5.10 Å². The fraction of sp³-hybridized carbons (Fsp3) is 0.421. The molecule has 1 fully saturated rings. The third-order valence-electron chi connectivity index (χ3n) is 5.11. The second-order valence-electron chi connectivity index (χ2n) is 7.29. The monoisotopic (exact) mass is 393 g/mol. The summed E-state index contributed by atoms with van der Waals surface area (Å²) in [6.45, 7) is 4.43. The summed E-state index contributed by atoms with van der Waals surface area (Å²) in [5, 5.41) is 13.4. The maximum Gasteiger partial charge on any atom is 0.338 e. The number of likely N-dealkylation sites (tertiary alicyclic amines) is 1. The summed E-state index contributed by atoms with van der Waals surface area (Å²) < 4.78 is 16.0. The Kier molecular flexibility index (Phi) is 5.24. The van der Waals surface area contributed by atoms with Crippen molar-refractivity contribution in [2.75, 3.05) is 13.1 Å². The summed E-state index contributed by atoms with van der Waals surface area (Å²) in [7, 11) is 0. The quantitative estimate of drug-likeness (QED) is 0.862. The number of halogens is 2. The van der Waals surface area contributed by atoms with E-state index >= 15 is 0 Å². The standard InChI is InChI=1S/C19H21ClFN3O3/c1-19(2,15-4-3-13(20)9-16(15)21)18(27)23-7-5-14(6-8-23)24-11-12(10-22-24)17(25)26/h3-4,9-11,14H,5-8H2,1-2H3,(H,25,26). The number of nitrogens with zero attached hydrogens (tertiary/aromatic N) is 3. The molecule has 0 unspecified atom stereocenters. The van der Waals surface area contributed by atoms with E-state index < -0.39 is 17.2 Å². The van der Waals surface area contributed by atoms with E-state index in [1.807, 2.05) is 0 Å². The van der Waals surface area contributed by atoms with Crippen molar-refractivity contribution < 1.29 is 19.1 Å². The Bertz CT molecular complexity index is 873. The Hall–Kier alpha value is -2.41. The molecule has 0 atom stereocenters. The van der Waals surface area contributed by atoms with Gasteiger partial charge in [-0.3, -0.25) is 9.48 Å². The lowest BCUT2D eigenvalue weighted by Crippen LogP contribution is -2.47. The topological polar surface area (TPSA) is 75.4 Å². The molecule has 1 aliphatic heterocycles. The molecule has 1 N–H and O–H groups in total. The zero-order chi connectivity index (χ0) is 19.8. The molecule has 144 valence electrons. The molecule has 1 aromatic heterocycles. The first-order chi connectivity index (χ1) is 12.7. The molecule has 1 aliphatic rings. The van der Waals surface area contributed by atoms with Gasteiger partial charge in [-0.05, 0) is 38.8 Å². The first-order valence-electron chi connectivity index (χ1n) is 8.72. The number of carbonyl (C=O) groups is 2. The highest BCUT2D eigenvalue weighted by atomic mass is 35.5. The van der Waals surface area contributed by atoms with Gasteiger partial charge in [0.2, 0.25) is 5.91 Å². The van der Waals surface area contributed by atoms with Gasteiger partial charge in [0, 0.05) is 29.9 Å². The normalized spacial score (nSPS) is 15.8. The molecule has 2 aromatic rings. The van der Waals surface area contributed by atoms with Gasteiger partial charge in [0.05, 0.1) is 23.2 Å². The van der Waals surface area contributed by atoms with Crippen LogP contribution in [0.1, 0.15) is 48.7 Å². The maximum absolute atomic E-state index is 14.3. The molecule has 0 bridgehead atoms. The number of carbonyl (C=O) groups excluding carboxylic acids is 1. The predicted molar refractivity (Wildman–Crippen MR) is 98.5 cm³/mol. The first-order valence-corrected chi connectivity index (χ1v) is 9.10. The van der Waals surface area contributed by atoms with Crippen molar-refractivity contribution in [3.8, 4) is 0 Å². The van der Waals surface area contributed by atoms with Crippen LogP contribution in [0.2, 0.25) is 5.02 Å². The van der Waals surface area contributed by atoms with Crippen molar-refractivity contribution in [3.05, 3.63) is 52.6 Å². The summed E-state index contributed by atoms with van der Waals surface area (Å²) in [5.74, 6) is -1.65. The fourth-order valence-corrected chi connectivity index (χ4v) is 3.65. The molecular weight excluding hydrogens is 373 g/mol. The van der Waals surface area contributed by atoms with E-state index in [-0.39, 0.29) is 17.5 Å². The van der Waals surface area contributed by atoms with Gasteiger partial charge >= 0.3 is 5.97 Å². The summed E-state index contributed by atoms with van der Waals surface area (Å²) in [4.78, 5) is 25.7. The van der Waals surface area contributed by atoms with Gasteiger partial charge in [-0.25, -0.2) is 9.18 Å². The van der Waals surface area contributed by atoms with Crippen molar-refractivity contribution in [2.45, 2.75) is 38.1 Å². The smallest absolute Gasteiger partial charge is 0.338 e. The molecule has 0 aliphatic carbocycles. The number of benzene rings is 1. The van der Waals surface area contributed by atoms with Crippen molar-refractivity contribution in [2.24, 2.45) is 0 Å². The maximum atomic E-state index is 14.3. The highest BCUT2D eigenvalue weighted by Crippen LogP contribution is 2.32. The van der Waals surface area contributed by atoms with Crippen LogP contribution in [0.3, 0.4) is 0 Å². The highest BCUT2D eigenvalue weighted by molar-refractivity contribution is 6.30. The van der Waals surface area contributed by atoms with Crippen LogP contribution in [-0.4, -0.2) is 44.8 Å². The zero-order valence-corrected chi connectivity index (χ0v) is 15.9. The number of aromatic nitrogens is 2. The lowest BCUT2D eigenvalue weighted by molar-refractivity contribution is -0.137. The number of hydrogen-bond donors (Lipinski definition) is 1. The number of aromatic carboxylic acids is 1. The molecule has 27 heavy (non-hydrogen) atoms. The largest absolute Gasteiger partial charge is 0.478 e. The van der Waals surface area contributed by atoms with Crippen LogP contribution in [0, 0.1) is 5.82 Å². The zero-order valence-electron chi connectivity index (χ0n) is 15.2. The minimum Gasteiger partial charge on any atom is -0.478 e. The molecule has 0 spiro atoms. The SMILES string of the molecule is CC(C)(C(=O)N1CCC(n2cc(C(=O)O)cn2)CC1)c1ccc(Cl)cc1F. The Balaban J connectivity index is 1.69. The van der Waals surface area contributed by atoms with Crippen LogP contribution in [0.15, 0.2) is 30.6 Å². The third-order valence-corrected chi connectivity index (χ3v) is 5.35. The van der Waals surface area contributed by atoms with Crippen LogP contribution in [0.4, 0.5) is 4.39 Å². The average Bonchev–Trinajstić information content (AvgIpc) is 3.11. The Morgan fingerprint density at radius 1 is 1.30 bits per heavy atom. The average molecular weight is 394 g/mol. The molecule has 1 amide bonds. The van der Waals surface area contributed by atoms with E-state index in [0.717, 1.165) is 0 Å². The van der Waals surface area contributed by atoms with Gasteiger partial charge in [-0.1, -0.05) is 17.7 Å². The third kappa shape index (κ3) is 3.83. The van der Waals surface area contributed by atoms with E-state index in [1.165, 1.54) is 18.5 Å². The lowest BCUT2D eigenvalue weighted by Gasteiger charge is -2.37. The lowest BCUT2D eigenvalue weighted by atomic mass is 9.82. The first kappa shape index (κ1) is 19.4. The second kappa shape index (κ2) is 7.31. The minimum absolute atomic E-state index is 0.0394. The molecule has 8 heteroatoms. The number of carboxylic acids is 1. The van der Waals surface area contributed by atoms with E-state index in [2.05, 4.69) is 5.10 Å². The summed E-state index contributed by atoms with van der Waals surface area (Å²) >= 11 is 5.81. The number of carboxylic acid groups (broad SMARTS) is 1. The van der Waals surface area contributed by atoms with Crippen LogP contribution in [-0.2, 0) is 10.2 Å². The minimum atomic E-state index is -1.01. The van der Waals surface area contributed by atoms with Gasteiger partial charge in [0.25, 0.3) is 0 Å². The Labute approximate surface area is 161 Å². The number of amides is 1. The van der Waals surface area contributed by atoms with Gasteiger partial charge < -0.3 is 10.0 Å². The van der Waals surface area contributed by atoms with E-state index in [9.17, 15) is 14.0 Å². The van der Waals surface area contributed by atoms with Crippen LogP contribution in [0.25, 0.3) is 0 Å². The van der Waals surface area contributed by atoms with Gasteiger partial charge in [0.1, 0.15) is 5.82 Å². The summed E-state index contributed by atoms with van der Waals surface area (Å²) in [6.07, 6.45) is 4.15. The Morgan fingerprint density at radius 3 is 2.52 bits per heavy atom. The van der Waals surface area contributed by atoms with Gasteiger partial charge in [-0.15, -0.1) is 0 Å². The van der Waals surface area contributed by atoms with Crippen molar-refractivity contribution in [1.82, 2.24) is 14.7 Å². The van der Waals surface area contributed by atoms with Crippen LogP contribution in [0.5, 0.6) is 0 Å². The fourth-order valence-electron chi connectivity index (χ4n) is 3.49. The molecule has 3 rings (SSSR count). The van der Waals surface area contributed by atoms with E-state index in [0.29, 0.717) is 36.5 Å². The Morgan fingerprint density at radius 2 is 1.96 bits per heavy atom. The molecular formula is C19H21ClFN3O3. The molecule has 6 nitrogen and oxygen atoms in total. The second-order valence-corrected chi connectivity index (χ2v) is 7.72. The molecule has 0 radical (unpaired) electrons. The molecule has 1 saturated heterocycles. The summed E-state index contributed by atoms with van der Waals surface area (Å²) in [6, 6.07) is 4.39. The molecule has 2 heterocycles. The molecule has 1 aromatic carbocycles. The number of rotatable bonds is 4. The van der Waals surface area contributed by atoms with Crippen LogP contribution >= 0.6 is 11.6 Å². The number of hydrogen-bond acceptors (Lipinski definition) is 3.